The molecule has 1 amide bonds. The van der Waals surface area contributed by atoms with E-state index in [0.29, 0.717) is 6.04 Å². The SMILES string of the molecule is CCCCN(C(=O)C(C)(C)NC)C1CC1. The van der Waals surface area contributed by atoms with Crippen molar-refractivity contribution in [1.29, 1.82) is 0 Å². The minimum atomic E-state index is -0.420. The molecule has 88 valence electrons. The zero-order valence-electron chi connectivity index (χ0n) is 10.5. The summed E-state index contributed by atoms with van der Waals surface area (Å²) in [5, 5.41) is 3.09. The van der Waals surface area contributed by atoms with Gasteiger partial charge in [-0.2, -0.15) is 0 Å². The van der Waals surface area contributed by atoms with Crippen molar-refractivity contribution in [3.63, 3.8) is 0 Å². The van der Waals surface area contributed by atoms with Crippen molar-refractivity contribution in [2.24, 2.45) is 0 Å². The van der Waals surface area contributed by atoms with Crippen molar-refractivity contribution in [2.45, 2.75) is 58.0 Å². The molecule has 0 aromatic heterocycles. The number of nitrogens with zero attached hydrogens (tertiary/aromatic N) is 1. The van der Waals surface area contributed by atoms with Crippen LogP contribution in [0.25, 0.3) is 0 Å². The molecule has 0 spiro atoms. The van der Waals surface area contributed by atoms with Gasteiger partial charge in [-0.1, -0.05) is 13.3 Å². The van der Waals surface area contributed by atoms with Crippen molar-refractivity contribution in [1.82, 2.24) is 10.2 Å². The number of likely N-dealkylation sites (N-methyl/N-ethyl adjacent to an activating group) is 1. The summed E-state index contributed by atoms with van der Waals surface area (Å²) < 4.78 is 0. The van der Waals surface area contributed by atoms with E-state index in [2.05, 4.69) is 17.1 Å². The van der Waals surface area contributed by atoms with Crippen LogP contribution in [0.5, 0.6) is 0 Å². The van der Waals surface area contributed by atoms with Crippen LogP contribution in [-0.2, 0) is 4.79 Å². The Bertz CT molecular complexity index is 222. The van der Waals surface area contributed by atoms with Crippen LogP contribution in [-0.4, -0.2) is 36.0 Å². The third kappa shape index (κ3) is 3.20. The molecule has 0 saturated heterocycles. The Labute approximate surface area is 93.2 Å². The van der Waals surface area contributed by atoms with Gasteiger partial charge in [-0.25, -0.2) is 0 Å². The van der Waals surface area contributed by atoms with Crippen LogP contribution in [0.15, 0.2) is 0 Å². The molecule has 0 heterocycles. The Morgan fingerprint density at radius 2 is 2.07 bits per heavy atom. The molecule has 1 saturated carbocycles. The van der Waals surface area contributed by atoms with Gasteiger partial charge in [-0.05, 0) is 40.2 Å². The molecule has 3 heteroatoms. The highest BCUT2D eigenvalue weighted by atomic mass is 16.2. The number of hydrogen-bond donors (Lipinski definition) is 1. The lowest BCUT2D eigenvalue weighted by atomic mass is 10.0. The van der Waals surface area contributed by atoms with Crippen LogP contribution in [0.3, 0.4) is 0 Å². The fraction of sp³-hybridized carbons (Fsp3) is 0.917. The summed E-state index contributed by atoms with van der Waals surface area (Å²) in [5.74, 6) is 0.251. The Hall–Kier alpha value is -0.570. The molecule has 1 aliphatic rings. The Balaban J connectivity index is 2.58. The second kappa shape index (κ2) is 4.97. The summed E-state index contributed by atoms with van der Waals surface area (Å²) in [7, 11) is 1.85. The summed E-state index contributed by atoms with van der Waals surface area (Å²) in [6.07, 6.45) is 4.64. The first-order chi connectivity index (χ1) is 7.03. The highest BCUT2D eigenvalue weighted by molar-refractivity contribution is 5.86. The molecule has 1 aliphatic carbocycles. The molecule has 0 atom stereocenters. The zero-order valence-corrected chi connectivity index (χ0v) is 10.5. The number of carbonyl (C=O) groups is 1. The number of hydrogen-bond acceptors (Lipinski definition) is 2. The molecule has 0 aliphatic heterocycles. The molecule has 1 fully saturated rings. The Morgan fingerprint density at radius 1 is 1.47 bits per heavy atom. The van der Waals surface area contributed by atoms with Crippen LogP contribution >= 0.6 is 0 Å². The first kappa shape index (κ1) is 12.5. The fourth-order valence-corrected chi connectivity index (χ4v) is 1.63. The van der Waals surface area contributed by atoms with E-state index in [0.717, 1.165) is 19.4 Å². The molecule has 1 N–H and O–H groups in total. The molecule has 15 heavy (non-hydrogen) atoms. The third-order valence-corrected chi connectivity index (χ3v) is 3.16. The average molecular weight is 212 g/mol. The first-order valence-electron chi connectivity index (χ1n) is 6.03. The minimum absolute atomic E-state index is 0.251. The van der Waals surface area contributed by atoms with Crippen LogP contribution < -0.4 is 5.32 Å². The quantitative estimate of drug-likeness (QED) is 0.728. The van der Waals surface area contributed by atoms with E-state index in [-0.39, 0.29) is 5.91 Å². The van der Waals surface area contributed by atoms with E-state index < -0.39 is 5.54 Å². The van der Waals surface area contributed by atoms with E-state index in [1.807, 2.05) is 20.9 Å². The number of rotatable bonds is 6. The smallest absolute Gasteiger partial charge is 0.242 e. The monoisotopic (exact) mass is 212 g/mol. The minimum Gasteiger partial charge on any atom is -0.338 e. The van der Waals surface area contributed by atoms with E-state index in [9.17, 15) is 4.79 Å². The standard InChI is InChI=1S/C12H24N2O/c1-5-6-9-14(10-7-8-10)11(15)12(2,3)13-4/h10,13H,5-9H2,1-4H3. The number of nitrogens with one attached hydrogen (secondary N) is 1. The van der Waals surface area contributed by atoms with Gasteiger partial charge >= 0.3 is 0 Å². The molecular formula is C12H24N2O. The van der Waals surface area contributed by atoms with Crippen LogP contribution in [0.2, 0.25) is 0 Å². The predicted octanol–water partition coefficient (Wildman–Crippen LogP) is 1.78. The van der Waals surface area contributed by atoms with Crippen molar-refractivity contribution in [3.05, 3.63) is 0 Å². The summed E-state index contributed by atoms with van der Waals surface area (Å²) in [6.45, 7) is 7.00. The van der Waals surface area contributed by atoms with E-state index in [4.69, 9.17) is 0 Å². The fourth-order valence-electron chi connectivity index (χ4n) is 1.63. The summed E-state index contributed by atoms with van der Waals surface area (Å²) in [6, 6.07) is 0.525. The second-order valence-corrected chi connectivity index (χ2v) is 4.96. The Morgan fingerprint density at radius 3 is 2.47 bits per heavy atom. The highest BCUT2D eigenvalue weighted by Crippen LogP contribution is 2.29. The second-order valence-electron chi connectivity index (χ2n) is 4.96. The Kier molecular flexibility index (Phi) is 4.14. The van der Waals surface area contributed by atoms with Crippen molar-refractivity contribution < 1.29 is 4.79 Å². The highest BCUT2D eigenvalue weighted by Gasteiger charge is 2.38. The van der Waals surface area contributed by atoms with Gasteiger partial charge in [0.15, 0.2) is 0 Å². The van der Waals surface area contributed by atoms with Crippen LogP contribution in [0.4, 0.5) is 0 Å². The van der Waals surface area contributed by atoms with Gasteiger partial charge in [0.05, 0.1) is 5.54 Å². The van der Waals surface area contributed by atoms with Gasteiger partial charge in [0.2, 0.25) is 5.91 Å². The zero-order chi connectivity index (χ0) is 11.5. The summed E-state index contributed by atoms with van der Waals surface area (Å²) in [4.78, 5) is 14.3. The molecule has 1 rings (SSSR count). The summed E-state index contributed by atoms with van der Waals surface area (Å²) >= 11 is 0. The van der Waals surface area contributed by atoms with Gasteiger partial charge < -0.3 is 10.2 Å². The summed E-state index contributed by atoms with van der Waals surface area (Å²) in [5.41, 5.74) is -0.420. The lowest BCUT2D eigenvalue weighted by Gasteiger charge is -2.32. The molecule has 0 aromatic carbocycles. The maximum absolute atomic E-state index is 12.2. The molecular weight excluding hydrogens is 188 g/mol. The van der Waals surface area contributed by atoms with Gasteiger partial charge in [0.1, 0.15) is 0 Å². The topological polar surface area (TPSA) is 32.3 Å². The third-order valence-electron chi connectivity index (χ3n) is 3.16. The van der Waals surface area contributed by atoms with E-state index in [1.54, 1.807) is 0 Å². The van der Waals surface area contributed by atoms with E-state index in [1.165, 1.54) is 12.8 Å². The molecule has 0 radical (unpaired) electrons. The lowest BCUT2D eigenvalue weighted by molar-refractivity contribution is -0.137. The van der Waals surface area contributed by atoms with Gasteiger partial charge in [0, 0.05) is 12.6 Å². The number of amides is 1. The number of carbonyl (C=O) groups excluding carboxylic acids is 1. The average Bonchev–Trinajstić information content (AvgIpc) is 3.02. The van der Waals surface area contributed by atoms with Crippen molar-refractivity contribution in [3.8, 4) is 0 Å². The molecule has 0 aromatic rings. The van der Waals surface area contributed by atoms with Crippen LogP contribution in [0, 0.1) is 0 Å². The van der Waals surface area contributed by atoms with Gasteiger partial charge in [0.25, 0.3) is 0 Å². The lowest BCUT2D eigenvalue weighted by Crippen LogP contribution is -2.53. The normalized spacial score (nSPS) is 16.5. The molecule has 0 bridgehead atoms. The van der Waals surface area contributed by atoms with Crippen molar-refractivity contribution >= 4 is 5.91 Å². The van der Waals surface area contributed by atoms with Gasteiger partial charge in [-0.15, -0.1) is 0 Å². The maximum Gasteiger partial charge on any atom is 0.242 e. The van der Waals surface area contributed by atoms with Crippen LogP contribution in [0.1, 0.15) is 46.5 Å². The predicted molar refractivity (Wildman–Crippen MR) is 62.8 cm³/mol. The van der Waals surface area contributed by atoms with Gasteiger partial charge in [-0.3, -0.25) is 4.79 Å². The molecule has 0 unspecified atom stereocenters. The largest absolute Gasteiger partial charge is 0.338 e. The molecule has 3 nitrogen and oxygen atoms in total. The maximum atomic E-state index is 12.2. The van der Waals surface area contributed by atoms with Crippen molar-refractivity contribution in [2.75, 3.05) is 13.6 Å². The van der Waals surface area contributed by atoms with E-state index >= 15 is 0 Å². The first-order valence-corrected chi connectivity index (χ1v) is 6.03. The number of unbranched alkanes of at least 4 members (excludes halogenated alkanes) is 1.